The molecule has 4 aliphatic rings. The molecule has 0 radical (unpaired) electrons. The lowest BCUT2D eigenvalue weighted by Crippen LogP contribution is -2.41. The maximum absolute atomic E-state index is 6.08. The molecule has 55 heavy (non-hydrogen) atoms. The molecule has 5 aromatic rings. The van der Waals surface area contributed by atoms with Gasteiger partial charge < -0.3 is 15.5 Å². The van der Waals surface area contributed by atoms with Crippen molar-refractivity contribution in [1.29, 1.82) is 0 Å². The van der Waals surface area contributed by atoms with Crippen molar-refractivity contribution in [2.45, 2.75) is 76.7 Å². The van der Waals surface area contributed by atoms with E-state index in [4.69, 9.17) is 5.73 Å². The van der Waals surface area contributed by atoms with E-state index >= 15 is 0 Å². The molecule has 0 saturated heterocycles. The number of anilines is 4. The van der Waals surface area contributed by atoms with E-state index in [0.29, 0.717) is 0 Å². The summed E-state index contributed by atoms with van der Waals surface area (Å²) in [5.74, 6) is 0. The summed E-state index contributed by atoms with van der Waals surface area (Å²) in [5, 5.41) is 0. The highest BCUT2D eigenvalue weighted by molar-refractivity contribution is 5.86. The van der Waals surface area contributed by atoms with Gasteiger partial charge in [0, 0.05) is 33.9 Å². The van der Waals surface area contributed by atoms with Crippen LogP contribution in [0.15, 0.2) is 164 Å². The molecule has 9 rings (SSSR count). The fraction of sp³-hybridized carbons (Fsp3) is 0.231. The third-order valence-electron chi connectivity index (χ3n) is 12.5. The number of para-hydroxylation sites is 1. The minimum atomic E-state index is -0.141. The van der Waals surface area contributed by atoms with Gasteiger partial charge in [0.1, 0.15) is 0 Å². The number of nitrogens with two attached hydrogens (primary N) is 1. The van der Waals surface area contributed by atoms with Crippen LogP contribution in [0.4, 0.5) is 22.7 Å². The predicted octanol–water partition coefficient (Wildman–Crippen LogP) is 13.1. The van der Waals surface area contributed by atoms with Crippen LogP contribution in [-0.2, 0) is 17.3 Å². The Morgan fingerprint density at radius 3 is 2.29 bits per heavy atom. The summed E-state index contributed by atoms with van der Waals surface area (Å²) < 4.78 is 0. The first-order valence-corrected chi connectivity index (χ1v) is 20.1. The normalized spacial score (nSPS) is 20.5. The van der Waals surface area contributed by atoms with Crippen molar-refractivity contribution in [2.75, 3.05) is 9.80 Å². The van der Waals surface area contributed by atoms with Crippen LogP contribution in [0.3, 0.4) is 0 Å². The zero-order valence-corrected chi connectivity index (χ0v) is 32.6. The molecule has 1 heterocycles. The molecule has 0 aromatic heterocycles. The third-order valence-corrected chi connectivity index (χ3v) is 12.5. The molecule has 0 spiro atoms. The van der Waals surface area contributed by atoms with Crippen LogP contribution < -0.4 is 15.5 Å². The molecule has 5 aromatic carbocycles. The van der Waals surface area contributed by atoms with E-state index in [1.54, 1.807) is 6.20 Å². The van der Waals surface area contributed by atoms with Gasteiger partial charge in [0.15, 0.2) is 0 Å². The Bertz CT molecular complexity index is 2420. The topological polar surface area (TPSA) is 32.5 Å². The highest BCUT2D eigenvalue weighted by atomic mass is 15.2. The molecule has 0 bridgehead atoms. The Hall–Kier alpha value is -5.80. The molecule has 3 nitrogen and oxygen atoms in total. The molecule has 0 amide bonds. The van der Waals surface area contributed by atoms with Crippen molar-refractivity contribution in [3.8, 4) is 11.1 Å². The monoisotopic (exact) mass is 717 g/mol. The predicted molar refractivity (Wildman–Crippen MR) is 234 cm³/mol. The van der Waals surface area contributed by atoms with E-state index in [-0.39, 0.29) is 16.9 Å². The summed E-state index contributed by atoms with van der Waals surface area (Å²) in [4.78, 5) is 5.00. The van der Waals surface area contributed by atoms with E-state index < -0.39 is 0 Å². The second-order valence-corrected chi connectivity index (χ2v) is 16.5. The first kappa shape index (κ1) is 34.9. The van der Waals surface area contributed by atoms with E-state index in [0.717, 1.165) is 49.2 Å². The number of nitrogens with zero attached hydrogens (tertiary/aromatic N) is 2. The quantitative estimate of drug-likeness (QED) is 0.173. The van der Waals surface area contributed by atoms with Gasteiger partial charge in [-0.15, -0.1) is 0 Å². The Morgan fingerprint density at radius 2 is 1.55 bits per heavy atom. The summed E-state index contributed by atoms with van der Waals surface area (Å²) in [6, 6.07) is 43.4. The van der Waals surface area contributed by atoms with Gasteiger partial charge in [0.2, 0.25) is 0 Å². The zero-order valence-electron chi connectivity index (χ0n) is 32.6. The van der Waals surface area contributed by atoms with Gasteiger partial charge >= 0.3 is 0 Å². The van der Waals surface area contributed by atoms with E-state index in [1.165, 1.54) is 61.5 Å². The number of allylic oxidation sites excluding steroid dienone is 7. The first-order chi connectivity index (χ1) is 26.8. The van der Waals surface area contributed by atoms with E-state index in [9.17, 15) is 0 Å². The van der Waals surface area contributed by atoms with Gasteiger partial charge in [-0.2, -0.15) is 0 Å². The van der Waals surface area contributed by atoms with Gasteiger partial charge in [-0.25, -0.2) is 0 Å². The highest BCUT2D eigenvalue weighted by Crippen LogP contribution is 2.52. The number of benzene rings is 5. The van der Waals surface area contributed by atoms with Crippen molar-refractivity contribution in [1.82, 2.24) is 0 Å². The van der Waals surface area contributed by atoms with Crippen LogP contribution in [0.25, 0.3) is 22.3 Å². The zero-order chi connectivity index (χ0) is 37.7. The van der Waals surface area contributed by atoms with Gasteiger partial charge in [0.05, 0.1) is 6.04 Å². The van der Waals surface area contributed by atoms with Crippen LogP contribution >= 0.6 is 0 Å². The molecule has 2 atom stereocenters. The summed E-state index contributed by atoms with van der Waals surface area (Å²) in [6.45, 7) is 9.39. The van der Waals surface area contributed by atoms with Gasteiger partial charge in [-0.3, -0.25) is 0 Å². The number of rotatable bonds is 8. The Kier molecular flexibility index (Phi) is 8.77. The Labute approximate surface area is 327 Å². The van der Waals surface area contributed by atoms with E-state index in [2.05, 4.69) is 189 Å². The molecule has 2 N–H and O–H groups in total. The fourth-order valence-corrected chi connectivity index (χ4v) is 9.68. The van der Waals surface area contributed by atoms with Crippen molar-refractivity contribution in [2.24, 2.45) is 5.73 Å². The maximum Gasteiger partial charge on any atom is 0.0652 e. The fourth-order valence-electron chi connectivity index (χ4n) is 9.68. The molecule has 0 saturated carbocycles. The van der Waals surface area contributed by atoms with Gasteiger partial charge in [-0.1, -0.05) is 130 Å². The summed E-state index contributed by atoms with van der Waals surface area (Å²) >= 11 is 0. The second-order valence-electron chi connectivity index (χ2n) is 16.5. The first-order valence-electron chi connectivity index (χ1n) is 20.1. The Balaban J connectivity index is 1.10. The number of fused-ring (bicyclic) bond motifs is 6. The van der Waals surface area contributed by atoms with Gasteiger partial charge in [-0.05, 0) is 143 Å². The minimum absolute atomic E-state index is 0.00643. The molecule has 2 unspecified atom stereocenters. The van der Waals surface area contributed by atoms with Crippen LogP contribution in [-0.4, -0.2) is 6.04 Å². The standard InChI is InChI=1S/C52H51N3/c1-5-13-40(35-53)37-22-27-43(28-23-37)54(44-29-30-46-45-17-10-9-14-39(45)33-51(2,3)48(46)32-44)42-25-20-36(21-26-42)38-24-31-50-52(4,34-38)47-18-11-12-19-49(47)55(50)41-15-7-6-8-16-41/h6-7,9-12,14-15,17-32,34-35,50H,5,8,13,16,33,53H2,1-4H3/b40-35+. The Morgan fingerprint density at radius 1 is 0.818 bits per heavy atom. The molecule has 0 fully saturated rings. The average molecular weight is 718 g/mol. The van der Waals surface area contributed by atoms with Crippen molar-refractivity contribution >= 4 is 33.9 Å². The SMILES string of the molecule is CCC/C(=C\N)c1ccc(N(c2ccc(C3=CC4(C)c5ccccc5N(C5=CC=CCC5)C4C=C3)cc2)c2ccc3c(c2)C(C)(C)Cc2ccccc2-3)cc1. The lowest BCUT2D eigenvalue weighted by Gasteiger charge is -2.37. The van der Waals surface area contributed by atoms with Crippen molar-refractivity contribution in [3.05, 3.63) is 191 Å². The van der Waals surface area contributed by atoms with Crippen LogP contribution in [0, 0.1) is 0 Å². The summed E-state index contributed by atoms with van der Waals surface area (Å²) in [6.07, 6.45) is 21.1. The summed E-state index contributed by atoms with van der Waals surface area (Å²) in [7, 11) is 0. The molecule has 274 valence electrons. The molecular formula is C52H51N3. The number of hydrogen-bond acceptors (Lipinski definition) is 3. The van der Waals surface area contributed by atoms with Gasteiger partial charge in [0.25, 0.3) is 0 Å². The summed E-state index contributed by atoms with van der Waals surface area (Å²) in [5.41, 5.74) is 23.9. The lowest BCUT2D eigenvalue weighted by atomic mass is 9.70. The number of hydrogen-bond donors (Lipinski definition) is 1. The second kappa shape index (κ2) is 13.8. The lowest BCUT2D eigenvalue weighted by molar-refractivity contribution is 0.517. The van der Waals surface area contributed by atoms with E-state index in [1.807, 2.05) is 0 Å². The molecule has 3 aliphatic carbocycles. The highest BCUT2D eigenvalue weighted by Gasteiger charge is 2.47. The third kappa shape index (κ3) is 5.98. The smallest absolute Gasteiger partial charge is 0.0652 e. The molecule has 3 heteroatoms. The average Bonchev–Trinajstić information content (AvgIpc) is 3.48. The van der Waals surface area contributed by atoms with Crippen LogP contribution in [0.2, 0.25) is 0 Å². The van der Waals surface area contributed by atoms with Crippen LogP contribution in [0.1, 0.15) is 81.2 Å². The van der Waals surface area contributed by atoms with Crippen molar-refractivity contribution in [3.63, 3.8) is 0 Å². The maximum atomic E-state index is 6.08. The molecule has 1 aliphatic heterocycles. The minimum Gasteiger partial charge on any atom is -0.404 e. The molecular weight excluding hydrogens is 667 g/mol. The van der Waals surface area contributed by atoms with Crippen LogP contribution in [0.5, 0.6) is 0 Å². The van der Waals surface area contributed by atoms with Crippen molar-refractivity contribution < 1.29 is 0 Å². The largest absolute Gasteiger partial charge is 0.404 e.